The molecule has 1 aromatic heterocycles. The molecule has 0 aliphatic heterocycles. The first-order chi connectivity index (χ1) is 21.4. The quantitative estimate of drug-likeness (QED) is 0.135. The maximum atomic E-state index is 13.5. The summed E-state index contributed by atoms with van der Waals surface area (Å²) in [5.41, 5.74) is 7.66. The highest BCUT2D eigenvalue weighted by Crippen LogP contribution is 2.31. The topological polar surface area (TPSA) is 124 Å². The highest BCUT2D eigenvalue weighted by molar-refractivity contribution is 7.09. The summed E-state index contributed by atoms with van der Waals surface area (Å²) >= 11 is 1.38. The lowest BCUT2D eigenvalue weighted by Crippen LogP contribution is -2.51. The molecule has 6 atom stereocenters. The van der Waals surface area contributed by atoms with Gasteiger partial charge in [0.15, 0.2) is 0 Å². The third-order valence-corrected chi connectivity index (χ3v) is 9.15. The summed E-state index contributed by atoms with van der Waals surface area (Å²) < 4.78 is 11.5. The summed E-state index contributed by atoms with van der Waals surface area (Å²) in [7, 11) is 1.81. The highest BCUT2D eigenvalue weighted by Gasteiger charge is 2.33. The summed E-state index contributed by atoms with van der Waals surface area (Å²) in [6.45, 7) is 16.3. The van der Waals surface area contributed by atoms with Crippen molar-refractivity contribution in [1.82, 2.24) is 15.2 Å². The van der Waals surface area contributed by atoms with Gasteiger partial charge in [0.1, 0.15) is 23.4 Å². The third kappa shape index (κ3) is 12.0. The molecule has 2 amide bonds. The molecule has 2 rings (SSSR count). The second-order valence-corrected chi connectivity index (χ2v) is 13.1. The van der Waals surface area contributed by atoms with Gasteiger partial charge in [-0.1, -0.05) is 91.0 Å². The molecule has 2 aromatic rings. The van der Waals surface area contributed by atoms with Crippen LogP contribution in [0.15, 0.2) is 48.4 Å². The molecule has 0 saturated heterocycles. The number of carbonyl (C=O) groups is 3. The van der Waals surface area contributed by atoms with Crippen LogP contribution in [0.2, 0.25) is 0 Å². The number of nitrogens with one attached hydrogen (secondary N) is 1. The van der Waals surface area contributed by atoms with E-state index in [-0.39, 0.29) is 48.3 Å². The van der Waals surface area contributed by atoms with Crippen molar-refractivity contribution in [3.05, 3.63) is 64.6 Å². The molecule has 0 saturated carbocycles. The average molecular weight is 643 g/mol. The molecule has 45 heavy (non-hydrogen) atoms. The van der Waals surface area contributed by atoms with Gasteiger partial charge in [-0.25, -0.2) is 4.98 Å². The number of carbonyl (C=O) groups excluding carboxylic acids is 3. The SMILES string of the molecule is C=CCOC(=O)[C@@H](C)C[C@H](Cc1ccccc1)NC(=O)c1csc([C@@H](C[C@H](C(C)C)N(C)C(=O)[C@@H](N)[C@@H](C)CC)OCCC)n1. The number of nitrogens with zero attached hydrogens (tertiary/aromatic N) is 2. The van der Waals surface area contributed by atoms with Crippen molar-refractivity contribution in [2.24, 2.45) is 23.5 Å². The van der Waals surface area contributed by atoms with Crippen LogP contribution in [0, 0.1) is 17.8 Å². The van der Waals surface area contributed by atoms with Crippen molar-refractivity contribution >= 4 is 29.1 Å². The van der Waals surface area contributed by atoms with Crippen LogP contribution in [0.1, 0.15) is 94.4 Å². The van der Waals surface area contributed by atoms with E-state index in [0.717, 1.165) is 18.4 Å². The average Bonchev–Trinajstić information content (AvgIpc) is 3.53. The van der Waals surface area contributed by atoms with Crippen LogP contribution in [0.5, 0.6) is 0 Å². The van der Waals surface area contributed by atoms with E-state index < -0.39 is 18.1 Å². The van der Waals surface area contributed by atoms with Crippen LogP contribution in [0.3, 0.4) is 0 Å². The molecular formula is C35H54N4O5S. The lowest BCUT2D eigenvalue weighted by Gasteiger charge is -2.36. The zero-order chi connectivity index (χ0) is 33.5. The maximum Gasteiger partial charge on any atom is 0.309 e. The Balaban J connectivity index is 2.25. The molecule has 9 nitrogen and oxygen atoms in total. The van der Waals surface area contributed by atoms with Crippen LogP contribution in [0.25, 0.3) is 0 Å². The van der Waals surface area contributed by atoms with Gasteiger partial charge in [-0.05, 0) is 36.7 Å². The van der Waals surface area contributed by atoms with Gasteiger partial charge in [-0.3, -0.25) is 14.4 Å². The fourth-order valence-corrected chi connectivity index (χ4v) is 6.05. The lowest BCUT2D eigenvalue weighted by molar-refractivity contribution is -0.147. The molecule has 0 radical (unpaired) electrons. The summed E-state index contributed by atoms with van der Waals surface area (Å²) in [6.07, 6.45) is 4.28. The Labute approximate surface area is 274 Å². The van der Waals surface area contributed by atoms with E-state index in [0.29, 0.717) is 36.6 Å². The van der Waals surface area contributed by atoms with E-state index in [2.05, 4.69) is 25.7 Å². The first kappa shape index (κ1) is 38.1. The Morgan fingerprint density at radius 3 is 2.40 bits per heavy atom. The number of amides is 2. The van der Waals surface area contributed by atoms with Gasteiger partial charge in [0.25, 0.3) is 5.91 Å². The van der Waals surface area contributed by atoms with Crippen LogP contribution >= 0.6 is 11.3 Å². The number of aromatic nitrogens is 1. The summed E-state index contributed by atoms with van der Waals surface area (Å²) in [6, 6.07) is 8.83. The van der Waals surface area contributed by atoms with Crippen LogP contribution in [-0.4, -0.2) is 66.1 Å². The minimum absolute atomic E-state index is 0.0754. The molecule has 250 valence electrons. The smallest absolute Gasteiger partial charge is 0.309 e. The van der Waals surface area contributed by atoms with Gasteiger partial charge < -0.3 is 25.4 Å². The van der Waals surface area contributed by atoms with Crippen molar-refractivity contribution in [3.63, 3.8) is 0 Å². The minimum atomic E-state index is -0.568. The molecule has 10 heteroatoms. The molecular weight excluding hydrogens is 588 g/mol. The van der Waals surface area contributed by atoms with E-state index in [1.807, 2.05) is 58.2 Å². The van der Waals surface area contributed by atoms with Crippen molar-refractivity contribution < 1.29 is 23.9 Å². The molecule has 0 aliphatic carbocycles. The highest BCUT2D eigenvalue weighted by atomic mass is 32.1. The zero-order valence-corrected chi connectivity index (χ0v) is 29.0. The van der Waals surface area contributed by atoms with E-state index in [9.17, 15) is 14.4 Å². The van der Waals surface area contributed by atoms with Gasteiger partial charge in [0, 0.05) is 37.5 Å². The number of likely N-dealkylation sites (N-methyl/N-ethyl adjacent to an activating group) is 1. The Morgan fingerprint density at radius 2 is 1.80 bits per heavy atom. The van der Waals surface area contributed by atoms with Crippen molar-refractivity contribution in [2.75, 3.05) is 20.3 Å². The summed E-state index contributed by atoms with van der Waals surface area (Å²) in [5.74, 6) is -0.917. The maximum absolute atomic E-state index is 13.5. The predicted octanol–water partition coefficient (Wildman–Crippen LogP) is 5.95. The molecule has 0 spiro atoms. The van der Waals surface area contributed by atoms with Crippen molar-refractivity contribution in [3.8, 4) is 0 Å². The van der Waals surface area contributed by atoms with Crippen LogP contribution < -0.4 is 11.1 Å². The first-order valence-corrected chi connectivity index (χ1v) is 17.0. The molecule has 1 heterocycles. The number of nitrogens with two attached hydrogens (primary N) is 1. The monoisotopic (exact) mass is 642 g/mol. The number of ether oxygens (including phenoxy) is 2. The van der Waals surface area contributed by atoms with E-state index in [1.165, 1.54) is 17.4 Å². The Hall–Kier alpha value is -3.08. The minimum Gasteiger partial charge on any atom is -0.461 e. The van der Waals surface area contributed by atoms with E-state index in [1.54, 1.807) is 17.2 Å². The largest absolute Gasteiger partial charge is 0.461 e. The molecule has 0 unspecified atom stereocenters. The first-order valence-electron chi connectivity index (χ1n) is 16.1. The Bertz CT molecular complexity index is 1200. The standard InChI is InChI=1S/C35H54N4O5S/c1-9-17-43-30(21-29(23(4)5)39(8)34(41)31(36)24(6)11-3)33-38-28(22-45-33)32(40)37-27(20-26-15-13-12-14-16-26)19-25(7)35(42)44-18-10-2/h10,12-16,22-25,27,29-31H,2,9,11,17-21,36H2,1,3-8H3,(H,37,40)/t24-,25-,27+,29+,30+,31-/m0/s1. The van der Waals surface area contributed by atoms with Crippen LogP contribution in [-0.2, 0) is 25.5 Å². The van der Waals surface area contributed by atoms with Gasteiger partial charge in [-0.15, -0.1) is 11.3 Å². The summed E-state index contributed by atoms with van der Waals surface area (Å²) in [4.78, 5) is 45.8. The Kier molecular flexibility index (Phi) is 16.5. The van der Waals surface area contributed by atoms with Gasteiger partial charge in [-0.2, -0.15) is 0 Å². The van der Waals surface area contributed by atoms with Gasteiger partial charge in [0.05, 0.1) is 12.0 Å². The number of benzene rings is 1. The van der Waals surface area contributed by atoms with Crippen molar-refractivity contribution in [1.29, 1.82) is 0 Å². The molecule has 0 aliphatic rings. The van der Waals surface area contributed by atoms with Crippen molar-refractivity contribution in [2.45, 2.75) is 97.9 Å². The zero-order valence-electron chi connectivity index (χ0n) is 28.2. The fourth-order valence-electron chi connectivity index (χ4n) is 5.19. The number of esters is 1. The second-order valence-electron chi connectivity index (χ2n) is 12.3. The third-order valence-electron chi connectivity index (χ3n) is 8.21. The predicted molar refractivity (Wildman–Crippen MR) is 181 cm³/mol. The number of hydrogen-bond donors (Lipinski definition) is 2. The van der Waals surface area contributed by atoms with Crippen LogP contribution in [0.4, 0.5) is 0 Å². The Morgan fingerprint density at radius 1 is 1.11 bits per heavy atom. The van der Waals surface area contributed by atoms with Gasteiger partial charge >= 0.3 is 5.97 Å². The van der Waals surface area contributed by atoms with E-state index in [4.69, 9.17) is 20.2 Å². The molecule has 0 bridgehead atoms. The number of rotatable bonds is 20. The normalized spacial score (nSPS) is 15.4. The second kappa shape index (κ2) is 19.4. The lowest BCUT2D eigenvalue weighted by atomic mass is 9.93. The fraction of sp³-hybridized carbons (Fsp3) is 0.600. The molecule has 1 aromatic carbocycles. The summed E-state index contributed by atoms with van der Waals surface area (Å²) in [5, 5.41) is 5.54. The van der Waals surface area contributed by atoms with E-state index >= 15 is 0 Å². The van der Waals surface area contributed by atoms with Gasteiger partial charge in [0.2, 0.25) is 5.91 Å². The molecule has 3 N–H and O–H groups in total. The molecule has 0 fully saturated rings. The number of thiazole rings is 1. The number of hydrogen-bond acceptors (Lipinski definition) is 8.